The smallest absolute Gasteiger partial charge is 0.195 e. The first-order chi connectivity index (χ1) is 25.3. The molecule has 0 spiro atoms. The van der Waals surface area contributed by atoms with Crippen molar-refractivity contribution in [2.75, 3.05) is 0 Å². The van der Waals surface area contributed by atoms with Gasteiger partial charge in [-0.1, -0.05) is 144 Å². The third-order valence-corrected chi connectivity index (χ3v) is 17.1. The molecule has 0 atom stereocenters. The molecule has 4 nitrogen and oxygen atoms in total. The minimum atomic E-state index is -2.84. The van der Waals surface area contributed by atoms with Gasteiger partial charge in [-0.3, -0.25) is 8.80 Å². The van der Waals surface area contributed by atoms with Gasteiger partial charge in [0, 0.05) is 0 Å². The van der Waals surface area contributed by atoms with Crippen molar-refractivity contribution in [3.05, 3.63) is 170 Å². The van der Waals surface area contributed by atoms with Gasteiger partial charge in [0.05, 0.1) is 42.5 Å². The number of aromatic nitrogens is 4. The van der Waals surface area contributed by atoms with Crippen molar-refractivity contribution < 1.29 is 0 Å². The zero-order valence-electron chi connectivity index (χ0n) is 27.3. The van der Waals surface area contributed by atoms with E-state index < -0.39 is 8.07 Å². The molecular formula is C44H28N4S2Si. The normalized spacial score (nSPS) is 12.3. The number of rotatable bonds is 5. The molecule has 0 aliphatic heterocycles. The van der Waals surface area contributed by atoms with Gasteiger partial charge in [-0.05, 0) is 80.4 Å². The van der Waals surface area contributed by atoms with Crippen LogP contribution in [0.5, 0.6) is 0 Å². The highest BCUT2D eigenvalue weighted by Crippen LogP contribution is 2.34. The molecule has 0 bridgehead atoms. The fraction of sp³-hybridized carbons (Fsp3) is 0. The van der Waals surface area contributed by atoms with E-state index in [-0.39, 0.29) is 0 Å². The Morgan fingerprint density at radius 3 is 1.49 bits per heavy atom. The molecule has 240 valence electrons. The number of imidazole rings is 2. The van der Waals surface area contributed by atoms with E-state index in [9.17, 15) is 0 Å². The molecule has 0 amide bonds. The lowest BCUT2D eigenvalue weighted by atomic mass is 10.1. The van der Waals surface area contributed by atoms with E-state index in [1.165, 1.54) is 52.3 Å². The average molecular weight is 705 g/mol. The lowest BCUT2D eigenvalue weighted by molar-refractivity contribution is 1.35. The zero-order chi connectivity index (χ0) is 33.5. The third-order valence-electron chi connectivity index (χ3n) is 10.3. The van der Waals surface area contributed by atoms with Crippen LogP contribution in [0.4, 0.5) is 0 Å². The molecule has 0 saturated heterocycles. The van der Waals surface area contributed by atoms with Crippen LogP contribution in [0.2, 0.25) is 0 Å². The Morgan fingerprint density at radius 2 is 0.863 bits per heavy atom. The topological polar surface area (TPSA) is 34.6 Å². The molecule has 0 fully saturated rings. The van der Waals surface area contributed by atoms with Crippen molar-refractivity contribution in [1.82, 2.24) is 18.8 Å². The summed E-state index contributed by atoms with van der Waals surface area (Å²) in [5.74, 6) is 0. The minimum Gasteiger partial charge on any atom is -0.283 e. The number of hydrogen-bond acceptors (Lipinski definition) is 4. The van der Waals surface area contributed by atoms with Gasteiger partial charge in [0.25, 0.3) is 0 Å². The van der Waals surface area contributed by atoms with E-state index in [0.717, 1.165) is 32.0 Å². The van der Waals surface area contributed by atoms with E-state index in [4.69, 9.17) is 9.97 Å². The number of nitrogens with zero attached hydrogens (tertiary/aromatic N) is 4. The Morgan fingerprint density at radius 1 is 0.373 bits per heavy atom. The maximum Gasteiger partial charge on any atom is 0.195 e. The first kappa shape index (κ1) is 28.9. The van der Waals surface area contributed by atoms with E-state index >= 15 is 0 Å². The second kappa shape index (κ2) is 11.1. The number of hydrogen-bond donors (Lipinski definition) is 0. The Labute approximate surface area is 302 Å². The van der Waals surface area contributed by atoms with Crippen molar-refractivity contribution in [2.24, 2.45) is 0 Å². The van der Waals surface area contributed by atoms with Crippen LogP contribution >= 0.6 is 22.7 Å². The SMILES string of the molecule is c1ccc([Si](c2ccccc2)(c2cccc(-c3ccc4sc5nc6ccccc6n5c4c3)c2)c2ccc3sc4nc5ccccc5n4c3c2)cc1. The molecule has 7 aromatic carbocycles. The van der Waals surface area contributed by atoms with Gasteiger partial charge < -0.3 is 0 Å². The second-order valence-corrected chi connectivity index (χ2v) is 18.9. The molecule has 11 aromatic rings. The van der Waals surface area contributed by atoms with Gasteiger partial charge >= 0.3 is 0 Å². The molecular weight excluding hydrogens is 677 g/mol. The van der Waals surface area contributed by atoms with Crippen molar-refractivity contribution in [3.63, 3.8) is 0 Å². The summed E-state index contributed by atoms with van der Waals surface area (Å²) in [5, 5.41) is 5.41. The van der Waals surface area contributed by atoms with Crippen molar-refractivity contribution >= 4 is 104 Å². The predicted molar refractivity (Wildman–Crippen MR) is 219 cm³/mol. The first-order valence-corrected chi connectivity index (χ1v) is 20.7. The monoisotopic (exact) mass is 704 g/mol. The molecule has 0 N–H and O–H groups in total. The van der Waals surface area contributed by atoms with Gasteiger partial charge in [0.2, 0.25) is 0 Å². The van der Waals surface area contributed by atoms with Crippen molar-refractivity contribution in [1.29, 1.82) is 0 Å². The summed E-state index contributed by atoms with van der Waals surface area (Å²) in [6.07, 6.45) is 0. The van der Waals surface area contributed by atoms with E-state index in [1.54, 1.807) is 22.7 Å². The van der Waals surface area contributed by atoms with Crippen molar-refractivity contribution in [2.45, 2.75) is 0 Å². The number of para-hydroxylation sites is 4. The lowest BCUT2D eigenvalue weighted by Gasteiger charge is -2.34. The Balaban J connectivity index is 1.18. The molecule has 4 heterocycles. The number of thiazole rings is 2. The van der Waals surface area contributed by atoms with Crippen LogP contribution < -0.4 is 20.7 Å². The van der Waals surface area contributed by atoms with Gasteiger partial charge in [-0.2, -0.15) is 0 Å². The van der Waals surface area contributed by atoms with Crippen LogP contribution in [-0.2, 0) is 0 Å². The Bertz CT molecular complexity index is 3060. The zero-order valence-corrected chi connectivity index (χ0v) is 29.9. The quantitative estimate of drug-likeness (QED) is 0.133. The highest BCUT2D eigenvalue weighted by atomic mass is 32.1. The largest absolute Gasteiger partial charge is 0.283 e. The molecule has 0 radical (unpaired) electrons. The fourth-order valence-electron chi connectivity index (χ4n) is 8.08. The van der Waals surface area contributed by atoms with Crippen LogP contribution in [-0.4, -0.2) is 26.8 Å². The molecule has 0 unspecified atom stereocenters. The summed E-state index contributed by atoms with van der Waals surface area (Å²) in [5.41, 5.74) is 9.17. The van der Waals surface area contributed by atoms with Crippen LogP contribution in [0, 0.1) is 0 Å². The molecule has 0 saturated carbocycles. The van der Waals surface area contributed by atoms with E-state index in [2.05, 4.69) is 179 Å². The summed E-state index contributed by atoms with van der Waals surface area (Å²) >= 11 is 3.51. The van der Waals surface area contributed by atoms with Crippen LogP contribution in [0.15, 0.2) is 170 Å². The molecule has 7 heteroatoms. The number of fused-ring (bicyclic) bond motifs is 10. The van der Waals surface area contributed by atoms with Crippen molar-refractivity contribution in [3.8, 4) is 11.1 Å². The third kappa shape index (κ3) is 4.23. The standard InChI is InChI=1S/C44H28N4S2Si/c1-3-13-31(14-4-1)51(32-15-5-2-6-16-32,34-23-25-42-40(28-34)48-38-21-10-8-19-36(38)46-44(48)50-42)33-17-11-12-29(26-33)30-22-24-41-39(27-30)47-37-20-9-7-18-35(37)45-43(47)49-41/h1-28H. The summed E-state index contributed by atoms with van der Waals surface area (Å²) < 4.78 is 7.14. The fourth-order valence-corrected chi connectivity index (χ4v) is 14.9. The van der Waals surface area contributed by atoms with Gasteiger partial charge in [0.1, 0.15) is 0 Å². The highest BCUT2D eigenvalue weighted by molar-refractivity contribution is 7.24. The van der Waals surface area contributed by atoms with Crippen LogP contribution in [0.25, 0.3) is 63.5 Å². The lowest BCUT2D eigenvalue weighted by Crippen LogP contribution is -2.74. The van der Waals surface area contributed by atoms with Gasteiger partial charge in [0.15, 0.2) is 18.0 Å². The summed E-state index contributed by atoms with van der Waals surface area (Å²) in [6, 6.07) is 62.7. The summed E-state index contributed by atoms with van der Waals surface area (Å²) in [6.45, 7) is 0. The maximum absolute atomic E-state index is 5.00. The second-order valence-electron chi connectivity index (χ2n) is 13.1. The van der Waals surface area contributed by atoms with E-state index in [0.29, 0.717) is 0 Å². The average Bonchev–Trinajstić information content (AvgIpc) is 3.93. The number of benzene rings is 7. The van der Waals surface area contributed by atoms with Gasteiger partial charge in [-0.15, -0.1) is 0 Å². The van der Waals surface area contributed by atoms with Crippen LogP contribution in [0.3, 0.4) is 0 Å². The van der Waals surface area contributed by atoms with Gasteiger partial charge in [-0.25, -0.2) is 9.97 Å². The Kier molecular flexibility index (Phi) is 6.28. The molecule has 51 heavy (non-hydrogen) atoms. The van der Waals surface area contributed by atoms with E-state index in [1.807, 2.05) is 0 Å². The first-order valence-electron chi connectivity index (χ1n) is 17.1. The Hall–Kier alpha value is -5.86. The van der Waals surface area contributed by atoms with Crippen LogP contribution in [0.1, 0.15) is 0 Å². The molecule has 0 aliphatic carbocycles. The molecule has 11 rings (SSSR count). The predicted octanol–water partition coefficient (Wildman–Crippen LogP) is 8.76. The summed E-state index contributed by atoms with van der Waals surface area (Å²) in [7, 11) is -2.84. The molecule has 0 aliphatic rings. The minimum absolute atomic E-state index is 1.03. The summed E-state index contributed by atoms with van der Waals surface area (Å²) in [4.78, 5) is 12.0. The highest BCUT2D eigenvalue weighted by Gasteiger charge is 2.42. The molecule has 4 aromatic heterocycles. The maximum atomic E-state index is 5.00.